The molecule has 0 fully saturated rings. The van der Waals surface area contributed by atoms with Gasteiger partial charge in [0.25, 0.3) is 0 Å². The Morgan fingerprint density at radius 1 is 1.25 bits per heavy atom. The van der Waals surface area contributed by atoms with Gasteiger partial charge >= 0.3 is 5.97 Å². The first-order valence-corrected chi connectivity index (χ1v) is 7.87. The van der Waals surface area contributed by atoms with Crippen LogP contribution in [0.1, 0.15) is 11.1 Å². The molecule has 0 atom stereocenters. The van der Waals surface area contributed by atoms with Crippen LogP contribution in [0.5, 0.6) is 11.5 Å². The second kappa shape index (κ2) is 6.09. The van der Waals surface area contributed by atoms with E-state index in [2.05, 4.69) is 4.98 Å². The van der Waals surface area contributed by atoms with Crippen molar-refractivity contribution in [1.29, 1.82) is 0 Å². The summed E-state index contributed by atoms with van der Waals surface area (Å²) in [4.78, 5) is 15.3. The molecule has 0 aliphatic carbocycles. The lowest BCUT2D eigenvalue weighted by molar-refractivity contribution is -0.144. The average molecular weight is 344 g/mol. The van der Waals surface area contributed by atoms with Crippen molar-refractivity contribution in [3.8, 4) is 11.5 Å². The molecule has 6 heteroatoms. The number of H-pyrrole nitrogens is 1. The fourth-order valence-electron chi connectivity index (χ4n) is 2.75. The molecule has 0 spiro atoms. The van der Waals surface area contributed by atoms with Crippen molar-refractivity contribution in [2.75, 3.05) is 6.79 Å². The number of ether oxygens (including phenoxy) is 3. The number of carbonyl (C=O) groups excluding carboxylic acids is 1. The molecule has 1 aliphatic heterocycles. The third-order valence-electron chi connectivity index (χ3n) is 3.90. The van der Waals surface area contributed by atoms with Crippen molar-refractivity contribution < 1.29 is 19.0 Å². The van der Waals surface area contributed by atoms with Crippen molar-refractivity contribution in [3.63, 3.8) is 0 Å². The molecule has 3 aromatic rings. The van der Waals surface area contributed by atoms with Crippen molar-refractivity contribution in [3.05, 3.63) is 58.7 Å². The summed E-state index contributed by atoms with van der Waals surface area (Å²) in [6.45, 7) is 0.288. The number of para-hydroxylation sites is 1. The van der Waals surface area contributed by atoms with E-state index < -0.39 is 0 Å². The molecule has 0 saturated carbocycles. The predicted octanol–water partition coefficient (Wildman–Crippen LogP) is 3.84. The van der Waals surface area contributed by atoms with Gasteiger partial charge in [-0.1, -0.05) is 29.8 Å². The second-order valence-corrected chi connectivity index (χ2v) is 5.92. The van der Waals surface area contributed by atoms with E-state index >= 15 is 0 Å². The summed E-state index contributed by atoms with van der Waals surface area (Å²) >= 11 is 6.12. The Hall–Kier alpha value is -2.66. The number of nitrogens with one attached hydrogen (secondary N) is 1. The van der Waals surface area contributed by atoms with Crippen LogP contribution in [0.3, 0.4) is 0 Å². The van der Waals surface area contributed by atoms with Crippen molar-refractivity contribution in [2.24, 2.45) is 0 Å². The Morgan fingerprint density at radius 3 is 3.04 bits per heavy atom. The molecule has 2 aromatic carbocycles. The van der Waals surface area contributed by atoms with Gasteiger partial charge in [0.2, 0.25) is 6.79 Å². The van der Waals surface area contributed by atoms with Crippen LogP contribution in [0.25, 0.3) is 10.9 Å². The van der Waals surface area contributed by atoms with E-state index in [0.717, 1.165) is 22.0 Å². The molecule has 4 rings (SSSR count). The zero-order valence-electron chi connectivity index (χ0n) is 12.7. The molecule has 0 bridgehead atoms. The number of hydrogen-bond donors (Lipinski definition) is 1. The fraction of sp³-hybridized carbons (Fsp3) is 0.167. The Bertz CT molecular complexity index is 919. The van der Waals surface area contributed by atoms with E-state index in [-0.39, 0.29) is 25.8 Å². The molecule has 5 nitrogen and oxygen atoms in total. The first-order valence-electron chi connectivity index (χ1n) is 7.49. The van der Waals surface area contributed by atoms with Gasteiger partial charge in [-0.2, -0.15) is 0 Å². The minimum atomic E-state index is -0.298. The van der Waals surface area contributed by atoms with Crippen LogP contribution in [0, 0.1) is 0 Å². The van der Waals surface area contributed by atoms with Crippen molar-refractivity contribution in [2.45, 2.75) is 13.0 Å². The first-order chi connectivity index (χ1) is 11.7. The zero-order chi connectivity index (χ0) is 16.5. The van der Waals surface area contributed by atoms with Crippen LogP contribution >= 0.6 is 11.6 Å². The lowest BCUT2D eigenvalue weighted by atomic mass is 10.1. The summed E-state index contributed by atoms with van der Waals surface area (Å²) in [5.41, 5.74) is 2.68. The highest BCUT2D eigenvalue weighted by atomic mass is 35.5. The average Bonchev–Trinajstić information content (AvgIpc) is 3.21. The van der Waals surface area contributed by atoms with Crippen LogP contribution in [-0.2, 0) is 22.6 Å². The monoisotopic (exact) mass is 343 g/mol. The zero-order valence-corrected chi connectivity index (χ0v) is 13.4. The quantitative estimate of drug-likeness (QED) is 0.731. The summed E-state index contributed by atoms with van der Waals surface area (Å²) in [5, 5.41) is 1.48. The Kier molecular flexibility index (Phi) is 3.78. The van der Waals surface area contributed by atoms with Crippen LogP contribution in [-0.4, -0.2) is 17.7 Å². The van der Waals surface area contributed by atoms with Gasteiger partial charge in [0.05, 0.1) is 11.4 Å². The van der Waals surface area contributed by atoms with E-state index in [9.17, 15) is 4.79 Å². The van der Waals surface area contributed by atoms with Crippen molar-refractivity contribution >= 4 is 28.5 Å². The lowest BCUT2D eigenvalue weighted by Crippen LogP contribution is -2.07. The van der Waals surface area contributed by atoms with Gasteiger partial charge in [0.1, 0.15) is 6.61 Å². The van der Waals surface area contributed by atoms with Gasteiger partial charge in [-0.25, -0.2) is 0 Å². The van der Waals surface area contributed by atoms with Crippen LogP contribution in [0.2, 0.25) is 5.02 Å². The van der Waals surface area contributed by atoms with E-state index in [0.29, 0.717) is 16.5 Å². The highest BCUT2D eigenvalue weighted by Crippen LogP contribution is 2.39. The molecule has 0 radical (unpaired) electrons. The third kappa shape index (κ3) is 2.78. The van der Waals surface area contributed by atoms with E-state index in [4.69, 9.17) is 25.8 Å². The summed E-state index contributed by atoms with van der Waals surface area (Å²) in [5.74, 6) is 0.809. The maximum absolute atomic E-state index is 12.1. The summed E-state index contributed by atoms with van der Waals surface area (Å²) < 4.78 is 15.9. The number of fused-ring (bicyclic) bond motifs is 2. The third-order valence-corrected chi connectivity index (χ3v) is 4.18. The predicted molar refractivity (Wildman–Crippen MR) is 89.4 cm³/mol. The van der Waals surface area contributed by atoms with Gasteiger partial charge in [0, 0.05) is 17.1 Å². The Balaban J connectivity index is 1.43. The maximum Gasteiger partial charge on any atom is 0.310 e. The summed E-state index contributed by atoms with van der Waals surface area (Å²) in [6.07, 6.45) is 2.05. The van der Waals surface area contributed by atoms with E-state index in [1.807, 2.05) is 30.5 Å². The van der Waals surface area contributed by atoms with E-state index in [1.165, 1.54) is 0 Å². The van der Waals surface area contributed by atoms with Gasteiger partial charge < -0.3 is 19.2 Å². The number of carbonyl (C=O) groups is 1. The van der Waals surface area contributed by atoms with E-state index in [1.54, 1.807) is 12.1 Å². The van der Waals surface area contributed by atoms with Crippen LogP contribution in [0.4, 0.5) is 0 Å². The largest absolute Gasteiger partial charge is 0.461 e. The SMILES string of the molecule is O=C(Cc1c[nH]c2ccccc12)OCc1cc(Cl)c2c(c1)OCO2. The van der Waals surface area contributed by atoms with Crippen LogP contribution < -0.4 is 9.47 Å². The number of aromatic amines is 1. The second-order valence-electron chi connectivity index (χ2n) is 5.51. The molecule has 0 unspecified atom stereocenters. The molecule has 122 valence electrons. The number of benzene rings is 2. The fourth-order valence-corrected chi connectivity index (χ4v) is 3.04. The normalized spacial score (nSPS) is 12.5. The molecule has 1 aliphatic rings. The Morgan fingerprint density at radius 2 is 2.12 bits per heavy atom. The van der Waals surface area contributed by atoms with Gasteiger partial charge in [0.15, 0.2) is 11.5 Å². The minimum absolute atomic E-state index is 0.136. The van der Waals surface area contributed by atoms with Gasteiger partial charge in [-0.15, -0.1) is 0 Å². The topological polar surface area (TPSA) is 60.6 Å². The summed E-state index contributed by atoms with van der Waals surface area (Å²) in [6, 6.07) is 11.3. The molecular formula is C18H14ClNO4. The molecule has 0 amide bonds. The molecule has 24 heavy (non-hydrogen) atoms. The number of rotatable bonds is 4. The standard InChI is InChI=1S/C18H14ClNO4/c19-14-5-11(6-16-18(14)24-10-23-16)9-22-17(21)7-12-8-20-15-4-2-1-3-13(12)15/h1-6,8,20H,7,9-10H2. The molecule has 0 saturated heterocycles. The Labute approximate surface area is 143 Å². The summed E-state index contributed by atoms with van der Waals surface area (Å²) in [7, 11) is 0. The lowest BCUT2D eigenvalue weighted by Gasteiger charge is -2.07. The van der Waals surface area contributed by atoms with Crippen LogP contribution in [0.15, 0.2) is 42.6 Å². The molecular weight excluding hydrogens is 330 g/mol. The smallest absolute Gasteiger partial charge is 0.310 e. The van der Waals surface area contributed by atoms with Crippen molar-refractivity contribution in [1.82, 2.24) is 4.98 Å². The first kappa shape index (κ1) is 14.9. The maximum atomic E-state index is 12.1. The number of esters is 1. The number of hydrogen-bond acceptors (Lipinski definition) is 4. The molecule has 1 aromatic heterocycles. The highest BCUT2D eigenvalue weighted by molar-refractivity contribution is 6.32. The van der Waals surface area contributed by atoms with Gasteiger partial charge in [-0.3, -0.25) is 4.79 Å². The highest BCUT2D eigenvalue weighted by Gasteiger charge is 2.19. The number of halogens is 1. The molecule has 2 heterocycles. The minimum Gasteiger partial charge on any atom is -0.461 e. The van der Waals surface area contributed by atoms with Gasteiger partial charge in [-0.05, 0) is 29.3 Å². The molecule has 1 N–H and O–H groups in total. The number of aromatic nitrogens is 1.